The molecule has 0 spiro atoms. The van der Waals surface area contributed by atoms with Crippen molar-refractivity contribution < 1.29 is 14.7 Å². The normalized spacial score (nSPS) is 16.9. The predicted octanol–water partition coefficient (Wildman–Crippen LogP) is 3.08. The van der Waals surface area contributed by atoms with Gasteiger partial charge in [-0.15, -0.1) is 11.3 Å². The number of aromatic nitrogens is 1. The second kappa shape index (κ2) is 7.35. The van der Waals surface area contributed by atoms with E-state index in [9.17, 15) is 9.59 Å². The van der Waals surface area contributed by atoms with Crippen LogP contribution in [0.4, 0.5) is 0 Å². The summed E-state index contributed by atoms with van der Waals surface area (Å²) in [5.41, 5.74) is 1.66. The Bertz CT molecular complexity index is 744. The molecule has 2 aromatic rings. The molecular weight excluding hydrogens is 326 g/mol. The van der Waals surface area contributed by atoms with E-state index in [1.54, 1.807) is 17.5 Å². The van der Waals surface area contributed by atoms with E-state index >= 15 is 0 Å². The number of nitrogens with zero attached hydrogens (tertiary/aromatic N) is 3. The van der Waals surface area contributed by atoms with E-state index < -0.39 is 5.97 Å². The predicted molar refractivity (Wildman–Crippen MR) is 90.8 cm³/mol. The number of hydrogen-bond acceptors (Lipinski definition) is 5. The number of carboxylic acid groups (broad SMARTS) is 1. The van der Waals surface area contributed by atoms with Gasteiger partial charge in [0.05, 0.1) is 16.3 Å². The number of rotatable bonds is 6. The summed E-state index contributed by atoms with van der Waals surface area (Å²) in [5.74, 6) is -1.06. The molecule has 0 saturated heterocycles. The largest absolute Gasteiger partial charge is 0.481 e. The van der Waals surface area contributed by atoms with Crippen LogP contribution in [0, 0.1) is 0 Å². The van der Waals surface area contributed by atoms with Gasteiger partial charge >= 0.3 is 5.97 Å². The average molecular weight is 343 g/mol. The van der Waals surface area contributed by atoms with Crippen molar-refractivity contribution in [1.82, 2.24) is 9.99 Å². The maximum absolute atomic E-state index is 12.5. The zero-order valence-electron chi connectivity index (χ0n) is 13.0. The first-order valence-corrected chi connectivity index (χ1v) is 8.59. The van der Waals surface area contributed by atoms with Gasteiger partial charge in [-0.3, -0.25) is 14.6 Å². The van der Waals surface area contributed by atoms with E-state index in [2.05, 4.69) is 10.1 Å². The summed E-state index contributed by atoms with van der Waals surface area (Å²) >= 11 is 1.59. The third-order valence-corrected chi connectivity index (χ3v) is 4.70. The number of carboxylic acids is 1. The Morgan fingerprint density at radius 1 is 1.25 bits per heavy atom. The number of hydrogen-bond donors (Lipinski definition) is 1. The lowest BCUT2D eigenvalue weighted by Crippen LogP contribution is -2.27. The lowest BCUT2D eigenvalue weighted by Gasteiger charge is -2.21. The molecule has 1 unspecified atom stereocenters. The van der Waals surface area contributed by atoms with Gasteiger partial charge in [0, 0.05) is 25.5 Å². The quantitative estimate of drug-likeness (QED) is 0.874. The van der Waals surface area contributed by atoms with Crippen molar-refractivity contribution >= 4 is 28.9 Å². The average Bonchev–Trinajstić information content (AvgIpc) is 3.24. The Labute approximate surface area is 143 Å². The van der Waals surface area contributed by atoms with Crippen LogP contribution in [0.3, 0.4) is 0 Å². The highest BCUT2D eigenvalue weighted by atomic mass is 32.1. The zero-order chi connectivity index (χ0) is 16.9. The molecule has 3 heterocycles. The maximum atomic E-state index is 12.5. The summed E-state index contributed by atoms with van der Waals surface area (Å²) in [6, 6.07) is 9.31. The van der Waals surface area contributed by atoms with Gasteiger partial charge in [-0.1, -0.05) is 12.1 Å². The fourth-order valence-electron chi connectivity index (χ4n) is 2.64. The van der Waals surface area contributed by atoms with Crippen molar-refractivity contribution in [1.29, 1.82) is 0 Å². The first kappa shape index (κ1) is 16.3. The summed E-state index contributed by atoms with van der Waals surface area (Å²) in [5, 5.41) is 16.7. The number of pyridine rings is 1. The standard InChI is InChI=1S/C17H17N3O3S/c21-16(7-3-8-17(22)23)20-14(12-5-1-2-9-18-12)11-13(19-20)15-6-4-10-24-15/h1-2,4-6,9-10,14H,3,7-8,11H2,(H,22,23). The second-order valence-corrected chi connectivity index (χ2v) is 6.43. The summed E-state index contributed by atoms with van der Waals surface area (Å²) in [7, 11) is 0. The third-order valence-electron chi connectivity index (χ3n) is 3.78. The van der Waals surface area contributed by atoms with Gasteiger partial charge in [-0.25, -0.2) is 5.01 Å². The number of aliphatic carboxylic acids is 1. The second-order valence-electron chi connectivity index (χ2n) is 5.48. The number of carbonyl (C=O) groups is 2. The van der Waals surface area contributed by atoms with E-state index in [0.29, 0.717) is 12.8 Å². The number of amides is 1. The Hall–Kier alpha value is -2.54. The van der Waals surface area contributed by atoms with Gasteiger partial charge in [0.1, 0.15) is 6.04 Å². The minimum absolute atomic E-state index is 0.0185. The number of thiophene rings is 1. The molecule has 0 bridgehead atoms. The van der Waals surface area contributed by atoms with Gasteiger partial charge in [-0.2, -0.15) is 5.10 Å². The molecule has 1 aliphatic rings. The molecule has 3 rings (SSSR count). The molecule has 0 saturated carbocycles. The highest BCUT2D eigenvalue weighted by Gasteiger charge is 2.33. The fraction of sp³-hybridized carbons (Fsp3) is 0.294. The van der Waals surface area contributed by atoms with Gasteiger partial charge in [-0.05, 0) is 30.0 Å². The van der Waals surface area contributed by atoms with E-state index in [1.807, 2.05) is 35.7 Å². The smallest absolute Gasteiger partial charge is 0.303 e. The van der Waals surface area contributed by atoms with Crippen LogP contribution in [0.2, 0.25) is 0 Å². The third kappa shape index (κ3) is 3.68. The highest BCUT2D eigenvalue weighted by molar-refractivity contribution is 7.12. The summed E-state index contributed by atoms with van der Waals surface area (Å²) in [4.78, 5) is 28.6. The van der Waals surface area contributed by atoms with Gasteiger partial charge in [0.25, 0.3) is 0 Å². The number of carbonyl (C=O) groups excluding carboxylic acids is 1. The molecule has 1 atom stereocenters. The molecule has 0 aliphatic carbocycles. The van der Waals surface area contributed by atoms with Gasteiger partial charge in [0.15, 0.2) is 0 Å². The molecule has 124 valence electrons. The van der Waals surface area contributed by atoms with Crippen LogP contribution in [0.1, 0.15) is 42.3 Å². The van der Waals surface area contributed by atoms with Crippen molar-refractivity contribution in [2.45, 2.75) is 31.7 Å². The summed E-state index contributed by atoms with van der Waals surface area (Å²) < 4.78 is 0. The van der Waals surface area contributed by atoms with Crippen LogP contribution in [0.15, 0.2) is 47.0 Å². The summed E-state index contributed by atoms with van der Waals surface area (Å²) in [6.45, 7) is 0. The van der Waals surface area contributed by atoms with Crippen molar-refractivity contribution in [3.8, 4) is 0 Å². The summed E-state index contributed by atoms with van der Waals surface area (Å²) in [6.07, 6.45) is 2.77. The molecule has 0 aromatic carbocycles. The topological polar surface area (TPSA) is 82.9 Å². The molecule has 0 radical (unpaired) electrons. The number of hydrazone groups is 1. The van der Waals surface area contributed by atoms with Crippen LogP contribution in [0.25, 0.3) is 0 Å². The van der Waals surface area contributed by atoms with Crippen molar-refractivity contribution in [2.24, 2.45) is 5.10 Å². The highest BCUT2D eigenvalue weighted by Crippen LogP contribution is 2.33. The van der Waals surface area contributed by atoms with E-state index in [-0.39, 0.29) is 24.8 Å². The van der Waals surface area contributed by atoms with Crippen LogP contribution in [-0.2, 0) is 9.59 Å². The van der Waals surface area contributed by atoms with Crippen molar-refractivity contribution in [3.63, 3.8) is 0 Å². The molecule has 24 heavy (non-hydrogen) atoms. The molecule has 2 aromatic heterocycles. The molecular formula is C17H17N3O3S. The molecule has 0 fully saturated rings. The van der Waals surface area contributed by atoms with Gasteiger partial charge in [0.2, 0.25) is 5.91 Å². The van der Waals surface area contributed by atoms with E-state index in [4.69, 9.17) is 5.11 Å². The Kier molecular flexibility index (Phi) is 5.00. The van der Waals surface area contributed by atoms with Crippen molar-refractivity contribution in [3.05, 3.63) is 52.5 Å². The Morgan fingerprint density at radius 3 is 2.79 bits per heavy atom. The maximum Gasteiger partial charge on any atom is 0.303 e. The van der Waals surface area contributed by atoms with Crippen LogP contribution in [-0.4, -0.2) is 32.7 Å². The van der Waals surface area contributed by atoms with Crippen LogP contribution in [0.5, 0.6) is 0 Å². The minimum Gasteiger partial charge on any atom is -0.481 e. The Morgan fingerprint density at radius 2 is 2.12 bits per heavy atom. The molecule has 6 nitrogen and oxygen atoms in total. The lowest BCUT2D eigenvalue weighted by molar-refractivity contribution is -0.137. The first-order chi connectivity index (χ1) is 11.6. The fourth-order valence-corrected chi connectivity index (χ4v) is 3.36. The minimum atomic E-state index is -0.895. The molecule has 1 aliphatic heterocycles. The molecule has 1 amide bonds. The molecule has 1 N–H and O–H groups in total. The lowest BCUT2D eigenvalue weighted by atomic mass is 10.1. The van der Waals surface area contributed by atoms with E-state index in [0.717, 1.165) is 16.3 Å². The van der Waals surface area contributed by atoms with Crippen molar-refractivity contribution in [2.75, 3.05) is 0 Å². The van der Waals surface area contributed by atoms with Crippen LogP contribution < -0.4 is 0 Å². The van der Waals surface area contributed by atoms with Gasteiger partial charge < -0.3 is 5.11 Å². The monoisotopic (exact) mass is 343 g/mol. The Balaban J connectivity index is 1.80. The van der Waals surface area contributed by atoms with E-state index in [1.165, 1.54) is 5.01 Å². The SMILES string of the molecule is O=C(O)CCCC(=O)N1N=C(c2cccs2)CC1c1ccccn1. The first-order valence-electron chi connectivity index (χ1n) is 7.71. The van der Waals surface area contributed by atoms with Crippen LogP contribution >= 0.6 is 11.3 Å². The zero-order valence-corrected chi connectivity index (χ0v) is 13.8. The molecule has 7 heteroatoms.